The second kappa shape index (κ2) is 10.8. The van der Waals surface area contributed by atoms with Gasteiger partial charge in [-0.05, 0) is 57.2 Å². The highest BCUT2D eigenvalue weighted by Crippen LogP contribution is 2.24. The van der Waals surface area contributed by atoms with Crippen LogP contribution in [0.1, 0.15) is 30.4 Å². The molecule has 0 radical (unpaired) electrons. The predicted molar refractivity (Wildman–Crippen MR) is 128 cm³/mol. The van der Waals surface area contributed by atoms with Crippen molar-refractivity contribution in [2.45, 2.75) is 32.5 Å². The van der Waals surface area contributed by atoms with Gasteiger partial charge in [-0.15, -0.1) is 11.3 Å². The van der Waals surface area contributed by atoms with Crippen LogP contribution in [0, 0.1) is 0 Å². The number of nitrogens with one attached hydrogen (secondary N) is 3. The van der Waals surface area contributed by atoms with Crippen LogP contribution in [-0.2, 0) is 9.47 Å². The SMILES string of the molecule is CC(C)(C)OC(=O)NCCNc1ccc(N2C[C@H](CNC(=O)c3ccc(Cl)s3)OC2=O)cc1. The molecule has 3 rings (SSSR count). The van der Waals surface area contributed by atoms with Crippen molar-refractivity contribution in [2.75, 3.05) is 36.4 Å². The van der Waals surface area contributed by atoms with Gasteiger partial charge in [0.1, 0.15) is 11.7 Å². The maximum absolute atomic E-state index is 12.3. The molecule has 0 spiro atoms. The van der Waals surface area contributed by atoms with Gasteiger partial charge in [0.15, 0.2) is 0 Å². The molecule has 11 heteroatoms. The minimum Gasteiger partial charge on any atom is -0.444 e. The first-order valence-corrected chi connectivity index (χ1v) is 11.6. The molecule has 1 aromatic carbocycles. The first-order valence-electron chi connectivity index (χ1n) is 10.4. The van der Waals surface area contributed by atoms with Crippen LogP contribution >= 0.6 is 22.9 Å². The Balaban J connectivity index is 1.42. The number of cyclic esters (lactones) is 1. The molecule has 1 atom stereocenters. The number of hydrogen-bond acceptors (Lipinski definition) is 7. The maximum atomic E-state index is 12.3. The molecule has 33 heavy (non-hydrogen) atoms. The maximum Gasteiger partial charge on any atom is 0.414 e. The number of anilines is 2. The zero-order valence-electron chi connectivity index (χ0n) is 18.6. The molecule has 9 nitrogen and oxygen atoms in total. The number of benzene rings is 1. The van der Waals surface area contributed by atoms with E-state index in [1.54, 1.807) is 24.3 Å². The molecule has 0 unspecified atom stereocenters. The molecule has 3 N–H and O–H groups in total. The fourth-order valence-corrected chi connectivity index (χ4v) is 3.97. The Labute approximate surface area is 201 Å². The number of rotatable bonds is 8. The topological polar surface area (TPSA) is 109 Å². The van der Waals surface area contributed by atoms with Crippen LogP contribution in [0.4, 0.5) is 21.0 Å². The summed E-state index contributed by atoms with van der Waals surface area (Å²) >= 11 is 7.04. The van der Waals surface area contributed by atoms with Crippen molar-refractivity contribution in [2.24, 2.45) is 0 Å². The summed E-state index contributed by atoms with van der Waals surface area (Å²) in [5, 5.41) is 8.63. The van der Waals surface area contributed by atoms with Gasteiger partial charge in [-0.25, -0.2) is 9.59 Å². The van der Waals surface area contributed by atoms with Crippen LogP contribution in [0.5, 0.6) is 0 Å². The molecule has 1 aliphatic heterocycles. The Bertz CT molecular complexity index is 989. The fraction of sp³-hybridized carbons (Fsp3) is 0.409. The number of nitrogens with zero attached hydrogens (tertiary/aromatic N) is 1. The van der Waals surface area contributed by atoms with Gasteiger partial charge in [-0.2, -0.15) is 0 Å². The summed E-state index contributed by atoms with van der Waals surface area (Å²) in [6, 6.07) is 10.6. The predicted octanol–water partition coefficient (Wildman–Crippen LogP) is 4.09. The van der Waals surface area contributed by atoms with Crippen molar-refractivity contribution >= 4 is 52.4 Å². The van der Waals surface area contributed by atoms with E-state index in [1.807, 2.05) is 32.9 Å². The molecular weight excluding hydrogens is 468 g/mol. The quantitative estimate of drug-likeness (QED) is 0.477. The third kappa shape index (κ3) is 7.54. The van der Waals surface area contributed by atoms with E-state index in [1.165, 1.54) is 16.2 Å². The molecule has 0 bridgehead atoms. The van der Waals surface area contributed by atoms with Crippen molar-refractivity contribution < 1.29 is 23.9 Å². The van der Waals surface area contributed by atoms with Crippen LogP contribution in [0.3, 0.4) is 0 Å². The number of amides is 3. The Morgan fingerprint density at radius 3 is 2.52 bits per heavy atom. The van der Waals surface area contributed by atoms with Crippen molar-refractivity contribution in [1.29, 1.82) is 0 Å². The highest BCUT2D eigenvalue weighted by molar-refractivity contribution is 7.18. The summed E-state index contributed by atoms with van der Waals surface area (Å²) < 4.78 is 11.1. The van der Waals surface area contributed by atoms with Crippen LogP contribution in [0.15, 0.2) is 36.4 Å². The largest absolute Gasteiger partial charge is 0.444 e. The zero-order valence-corrected chi connectivity index (χ0v) is 20.2. The first-order chi connectivity index (χ1) is 15.6. The lowest BCUT2D eigenvalue weighted by Gasteiger charge is -2.19. The third-order valence-electron chi connectivity index (χ3n) is 4.46. The van der Waals surface area contributed by atoms with Gasteiger partial charge in [0.05, 0.1) is 22.3 Å². The van der Waals surface area contributed by atoms with Crippen molar-refractivity contribution in [1.82, 2.24) is 10.6 Å². The van der Waals surface area contributed by atoms with E-state index in [4.69, 9.17) is 21.1 Å². The molecule has 0 saturated carbocycles. The van der Waals surface area contributed by atoms with Crippen molar-refractivity contribution in [3.05, 3.63) is 45.6 Å². The van der Waals surface area contributed by atoms with E-state index >= 15 is 0 Å². The Kier molecular flexibility index (Phi) is 8.04. The van der Waals surface area contributed by atoms with Gasteiger partial charge in [-0.3, -0.25) is 9.69 Å². The van der Waals surface area contributed by atoms with Gasteiger partial charge in [0.25, 0.3) is 5.91 Å². The number of halogens is 1. The van der Waals surface area contributed by atoms with E-state index in [0.717, 1.165) is 5.69 Å². The number of thiophene rings is 1. The highest BCUT2D eigenvalue weighted by Gasteiger charge is 2.32. The van der Waals surface area contributed by atoms with Crippen molar-refractivity contribution in [3.8, 4) is 0 Å². The summed E-state index contributed by atoms with van der Waals surface area (Å²) in [4.78, 5) is 38.1. The number of alkyl carbamates (subject to hydrolysis) is 1. The normalized spacial score (nSPS) is 15.7. The van der Waals surface area contributed by atoms with E-state index in [2.05, 4.69) is 16.0 Å². The van der Waals surface area contributed by atoms with Crippen LogP contribution < -0.4 is 20.9 Å². The molecule has 1 fully saturated rings. The lowest BCUT2D eigenvalue weighted by atomic mass is 10.2. The van der Waals surface area contributed by atoms with Gasteiger partial charge < -0.3 is 25.4 Å². The number of hydrogen-bond donors (Lipinski definition) is 3. The van der Waals surface area contributed by atoms with E-state index in [0.29, 0.717) is 34.5 Å². The van der Waals surface area contributed by atoms with E-state index < -0.39 is 23.9 Å². The minimum atomic E-state index is -0.535. The number of ether oxygens (including phenoxy) is 2. The Hall–Kier alpha value is -2.98. The lowest BCUT2D eigenvalue weighted by Crippen LogP contribution is -2.35. The van der Waals surface area contributed by atoms with E-state index in [-0.39, 0.29) is 12.5 Å². The average molecular weight is 495 g/mol. The average Bonchev–Trinajstić information content (AvgIpc) is 3.34. The summed E-state index contributed by atoms with van der Waals surface area (Å²) in [6.07, 6.45) is -1.37. The first kappa shape index (κ1) is 24.7. The second-order valence-electron chi connectivity index (χ2n) is 8.33. The van der Waals surface area contributed by atoms with E-state index in [9.17, 15) is 14.4 Å². The van der Waals surface area contributed by atoms with Gasteiger partial charge in [0.2, 0.25) is 0 Å². The Morgan fingerprint density at radius 1 is 1.15 bits per heavy atom. The van der Waals surface area contributed by atoms with Crippen LogP contribution in [0.25, 0.3) is 0 Å². The molecule has 1 saturated heterocycles. The van der Waals surface area contributed by atoms with Gasteiger partial charge in [0, 0.05) is 24.5 Å². The summed E-state index contributed by atoms with van der Waals surface area (Å²) in [5.74, 6) is -0.252. The van der Waals surface area contributed by atoms with Crippen LogP contribution in [0.2, 0.25) is 4.34 Å². The lowest BCUT2D eigenvalue weighted by molar-refractivity contribution is 0.0529. The second-order valence-corrected chi connectivity index (χ2v) is 10.0. The number of carbonyl (C=O) groups excluding carboxylic acids is 3. The molecular formula is C22H27ClN4O5S. The summed E-state index contributed by atoms with van der Waals surface area (Å²) in [6.45, 7) is 6.88. The Morgan fingerprint density at radius 2 is 1.88 bits per heavy atom. The van der Waals surface area contributed by atoms with Gasteiger partial charge >= 0.3 is 12.2 Å². The molecule has 2 aromatic rings. The zero-order chi connectivity index (χ0) is 24.0. The fourth-order valence-electron chi connectivity index (χ4n) is 3.01. The van der Waals surface area contributed by atoms with Crippen molar-refractivity contribution in [3.63, 3.8) is 0 Å². The minimum absolute atomic E-state index is 0.209. The standard InChI is InChI=1S/C22H27ClN4O5S/c1-22(2,3)32-20(29)25-11-10-24-14-4-6-15(7-5-14)27-13-16(31-21(27)30)12-26-19(28)17-8-9-18(23)33-17/h4-9,16,24H,10-13H2,1-3H3,(H,25,29)(H,26,28)/t16-/m0/s1. The molecule has 178 valence electrons. The molecule has 1 aliphatic rings. The van der Waals surface area contributed by atoms with Crippen LogP contribution in [-0.4, -0.2) is 56.0 Å². The summed E-state index contributed by atoms with van der Waals surface area (Å²) in [5.41, 5.74) is 1.000. The monoisotopic (exact) mass is 494 g/mol. The molecule has 2 heterocycles. The number of carbonyl (C=O) groups is 3. The molecule has 1 aromatic heterocycles. The molecule has 3 amide bonds. The molecule has 0 aliphatic carbocycles. The summed E-state index contributed by atoms with van der Waals surface area (Å²) in [7, 11) is 0. The third-order valence-corrected chi connectivity index (χ3v) is 5.69. The van der Waals surface area contributed by atoms with Gasteiger partial charge in [-0.1, -0.05) is 11.6 Å². The highest BCUT2D eigenvalue weighted by atomic mass is 35.5. The smallest absolute Gasteiger partial charge is 0.414 e.